The summed E-state index contributed by atoms with van der Waals surface area (Å²) in [7, 11) is 0. The lowest BCUT2D eigenvalue weighted by Crippen LogP contribution is -2.47. The Morgan fingerprint density at radius 1 is 1.19 bits per heavy atom. The number of nitrogens with zero attached hydrogens (tertiary/aromatic N) is 1. The zero-order valence-electron chi connectivity index (χ0n) is 13.7. The first-order valence-corrected chi connectivity index (χ1v) is 7.45. The van der Waals surface area contributed by atoms with Gasteiger partial charge < -0.3 is 10.0 Å². The molecular formula is C15H28N2O4. The number of imide groups is 1. The van der Waals surface area contributed by atoms with E-state index in [4.69, 9.17) is 5.11 Å². The fraction of sp³-hybridized carbons (Fsp3) is 0.800. The SMILES string of the molecule is CCCCCN(C(=O)NC(=O)CC(C)(C)C(=O)O)C(C)C. The number of carbonyl (C=O) groups is 3. The van der Waals surface area contributed by atoms with Crippen molar-refractivity contribution in [2.45, 2.75) is 66.3 Å². The van der Waals surface area contributed by atoms with Gasteiger partial charge in [-0.05, 0) is 34.1 Å². The number of hydrogen-bond acceptors (Lipinski definition) is 3. The van der Waals surface area contributed by atoms with Gasteiger partial charge in [0.15, 0.2) is 0 Å². The van der Waals surface area contributed by atoms with Crippen molar-refractivity contribution in [1.29, 1.82) is 0 Å². The maximum Gasteiger partial charge on any atom is 0.324 e. The predicted octanol–water partition coefficient (Wildman–Crippen LogP) is 2.62. The number of carbonyl (C=O) groups excluding carboxylic acids is 2. The molecule has 0 aliphatic carbocycles. The minimum Gasteiger partial charge on any atom is -0.481 e. The van der Waals surface area contributed by atoms with E-state index in [2.05, 4.69) is 12.2 Å². The van der Waals surface area contributed by atoms with E-state index in [1.807, 2.05) is 13.8 Å². The average Bonchev–Trinajstić information content (AvgIpc) is 2.32. The molecule has 0 saturated heterocycles. The minimum absolute atomic E-state index is 0.0119. The smallest absolute Gasteiger partial charge is 0.324 e. The maximum absolute atomic E-state index is 12.1. The summed E-state index contributed by atoms with van der Waals surface area (Å²) in [5.41, 5.74) is -1.19. The van der Waals surface area contributed by atoms with Gasteiger partial charge in [0, 0.05) is 19.0 Å². The van der Waals surface area contributed by atoms with Gasteiger partial charge in [-0.25, -0.2) is 4.79 Å². The fourth-order valence-electron chi connectivity index (χ4n) is 1.84. The average molecular weight is 300 g/mol. The number of hydrogen-bond donors (Lipinski definition) is 2. The molecule has 0 heterocycles. The van der Waals surface area contributed by atoms with Crippen LogP contribution >= 0.6 is 0 Å². The van der Waals surface area contributed by atoms with Gasteiger partial charge in [-0.15, -0.1) is 0 Å². The first-order chi connectivity index (χ1) is 9.61. The van der Waals surface area contributed by atoms with Crippen molar-refractivity contribution in [1.82, 2.24) is 10.2 Å². The van der Waals surface area contributed by atoms with Crippen LogP contribution in [0.2, 0.25) is 0 Å². The van der Waals surface area contributed by atoms with Crippen LogP contribution in [-0.4, -0.2) is 40.5 Å². The summed E-state index contributed by atoms with van der Waals surface area (Å²) >= 11 is 0. The van der Waals surface area contributed by atoms with Crippen molar-refractivity contribution in [2.24, 2.45) is 5.41 Å². The van der Waals surface area contributed by atoms with Gasteiger partial charge in [0.2, 0.25) is 5.91 Å². The second-order valence-corrected chi connectivity index (χ2v) is 6.21. The number of carboxylic acids is 1. The molecule has 122 valence electrons. The Labute approximate surface area is 126 Å². The molecule has 0 aromatic rings. The molecule has 6 heteroatoms. The molecule has 0 bridgehead atoms. The number of rotatable bonds is 8. The van der Waals surface area contributed by atoms with E-state index >= 15 is 0 Å². The van der Waals surface area contributed by atoms with Crippen LogP contribution in [0.4, 0.5) is 4.79 Å². The quantitative estimate of drug-likeness (QED) is 0.675. The lowest BCUT2D eigenvalue weighted by molar-refractivity contribution is -0.149. The number of nitrogens with one attached hydrogen (secondary N) is 1. The Morgan fingerprint density at radius 3 is 2.19 bits per heavy atom. The molecule has 2 N–H and O–H groups in total. The van der Waals surface area contributed by atoms with Crippen molar-refractivity contribution in [3.05, 3.63) is 0 Å². The molecule has 3 amide bonds. The molecule has 0 aromatic heterocycles. The third-order valence-electron chi connectivity index (χ3n) is 3.31. The molecule has 0 atom stereocenters. The standard InChI is InChI=1S/C15H28N2O4/c1-6-7-8-9-17(11(2)3)14(21)16-12(18)10-15(4,5)13(19)20/h11H,6-10H2,1-5H3,(H,19,20)(H,16,18,21). The second kappa shape index (κ2) is 8.64. The molecule has 21 heavy (non-hydrogen) atoms. The molecule has 6 nitrogen and oxygen atoms in total. The van der Waals surface area contributed by atoms with E-state index < -0.39 is 23.3 Å². The van der Waals surface area contributed by atoms with Crippen LogP contribution in [-0.2, 0) is 9.59 Å². The summed E-state index contributed by atoms with van der Waals surface area (Å²) in [6.45, 7) is 9.36. The van der Waals surface area contributed by atoms with E-state index in [1.165, 1.54) is 13.8 Å². The molecule has 0 aromatic carbocycles. The molecule has 0 unspecified atom stereocenters. The molecule has 0 fully saturated rings. The zero-order valence-corrected chi connectivity index (χ0v) is 13.7. The highest BCUT2D eigenvalue weighted by Crippen LogP contribution is 2.20. The molecule has 0 spiro atoms. The van der Waals surface area contributed by atoms with Crippen LogP contribution < -0.4 is 5.32 Å². The highest BCUT2D eigenvalue weighted by Gasteiger charge is 2.31. The monoisotopic (exact) mass is 300 g/mol. The Hall–Kier alpha value is -1.59. The Kier molecular flexibility index (Phi) is 7.99. The molecule has 0 saturated carbocycles. The van der Waals surface area contributed by atoms with Crippen molar-refractivity contribution >= 4 is 17.9 Å². The van der Waals surface area contributed by atoms with Gasteiger partial charge in [-0.1, -0.05) is 19.8 Å². The lowest BCUT2D eigenvalue weighted by Gasteiger charge is -2.27. The first kappa shape index (κ1) is 19.4. The van der Waals surface area contributed by atoms with Gasteiger partial charge >= 0.3 is 12.0 Å². The van der Waals surface area contributed by atoms with Gasteiger partial charge in [0.25, 0.3) is 0 Å². The summed E-state index contributed by atoms with van der Waals surface area (Å²) in [5.74, 6) is -1.62. The van der Waals surface area contributed by atoms with E-state index in [9.17, 15) is 14.4 Å². The highest BCUT2D eigenvalue weighted by atomic mass is 16.4. The largest absolute Gasteiger partial charge is 0.481 e. The van der Waals surface area contributed by atoms with Crippen molar-refractivity contribution in [3.8, 4) is 0 Å². The van der Waals surface area contributed by atoms with Crippen molar-refractivity contribution in [3.63, 3.8) is 0 Å². The number of amides is 3. The number of aliphatic carboxylic acids is 1. The Balaban J connectivity index is 4.54. The van der Waals surface area contributed by atoms with Crippen molar-refractivity contribution < 1.29 is 19.5 Å². The molecule has 0 aliphatic rings. The Bertz CT molecular complexity index is 378. The maximum atomic E-state index is 12.1. The summed E-state index contributed by atoms with van der Waals surface area (Å²) < 4.78 is 0. The lowest BCUT2D eigenvalue weighted by atomic mass is 9.89. The molecule has 0 rings (SSSR count). The van der Waals surface area contributed by atoms with Gasteiger partial charge in [0.05, 0.1) is 5.41 Å². The summed E-state index contributed by atoms with van der Waals surface area (Å²) in [5, 5.41) is 11.3. The fourth-order valence-corrected chi connectivity index (χ4v) is 1.84. The predicted molar refractivity (Wildman–Crippen MR) is 80.9 cm³/mol. The summed E-state index contributed by atoms with van der Waals surface area (Å²) in [4.78, 5) is 36.5. The van der Waals surface area contributed by atoms with Crippen LogP contribution in [0, 0.1) is 5.41 Å². The first-order valence-electron chi connectivity index (χ1n) is 7.45. The third-order valence-corrected chi connectivity index (χ3v) is 3.31. The van der Waals surface area contributed by atoms with Crippen LogP contribution in [0.5, 0.6) is 0 Å². The van der Waals surface area contributed by atoms with Crippen LogP contribution in [0.1, 0.15) is 60.3 Å². The van der Waals surface area contributed by atoms with Crippen LogP contribution in [0.3, 0.4) is 0 Å². The number of unbranched alkanes of at least 4 members (excludes halogenated alkanes) is 2. The van der Waals surface area contributed by atoms with Gasteiger partial charge in [-0.2, -0.15) is 0 Å². The summed E-state index contributed by atoms with van der Waals surface area (Å²) in [6.07, 6.45) is 2.74. The number of urea groups is 1. The van der Waals surface area contributed by atoms with Crippen molar-refractivity contribution in [2.75, 3.05) is 6.54 Å². The third kappa shape index (κ3) is 7.11. The highest BCUT2D eigenvalue weighted by molar-refractivity contribution is 5.96. The molecule has 0 aliphatic heterocycles. The second-order valence-electron chi connectivity index (χ2n) is 6.21. The Morgan fingerprint density at radius 2 is 1.76 bits per heavy atom. The molecular weight excluding hydrogens is 272 g/mol. The van der Waals surface area contributed by atoms with Gasteiger partial charge in [0.1, 0.15) is 0 Å². The normalized spacial score (nSPS) is 11.3. The van der Waals surface area contributed by atoms with Gasteiger partial charge in [-0.3, -0.25) is 14.9 Å². The van der Waals surface area contributed by atoms with E-state index in [0.29, 0.717) is 6.54 Å². The van der Waals surface area contributed by atoms with Crippen LogP contribution in [0.25, 0.3) is 0 Å². The van der Waals surface area contributed by atoms with E-state index in [0.717, 1.165) is 19.3 Å². The summed E-state index contributed by atoms with van der Waals surface area (Å²) in [6, 6.07) is -0.463. The zero-order chi connectivity index (χ0) is 16.6. The van der Waals surface area contributed by atoms with Crippen LogP contribution in [0.15, 0.2) is 0 Å². The minimum atomic E-state index is -1.19. The van der Waals surface area contributed by atoms with E-state index in [1.54, 1.807) is 4.90 Å². The topological polar surface area (TPSA) is 86.7 Å². The number of carboxylic acid groups (broad SMARTS) is 1. The van der Waals surface area contributed by atoms with E-state index in [-0.39, 0.29) is 12.5 Å². The molecule has 0 radical (unpaired) electrons.